The fourth-order valence-electron chi connectivity index (χ4n) is 2.74. The molecule has 0 aliphatic carbocycles. The lowest BCUT2D eigenvalue weighted by molar-refractivity contribution is -0.131. The fraction of sp³-hybridized carbons (Fsp3) is 0.667. The Labute approximate surface area is 129 Å². The van der Waals surface area contributed by atoms with Crippen LogP contribution >= 0.6 is 11.3 Å². The summed E-state index contributed by atoms with van der Waals surface area (Å²) in [5.74, 6) is -0.329. The molecule has 1 atom stereocenters. The number of rotatable bonds is 3. The van der Waals surface area contributed by atoms with Crippen molar-refractivity contribution in [1.82, 2.24) is 9.88 Å². The topological polar surface area (TPSA) is 70.5 Å². The molecule has 2 heterocycles. The third-order valence-corrected chi connectivity index (χ3v) is 5.00. The standard InChI is InChI=1S/C15H22N2O3S/c1-15(2,3)10-4-5-12(18)17(7-6-10)8-11-9-21-13(16-11)14(19)20/h9-10H,4-8H2,1-3H3,(H,19,20). The molecule has 6 heteroatoms. The zero-order valence-corrected chi connectivity index (χ0v) is 13.6. The highest BCUT2D eigenvalue weighted by Gasteiger charge is 2.30. The van der Waals surface area contributed by atoms with Crippen molar-refractivity contribution < 1.29 is 14.7 Å². The van der Waals surface area contributed by atoms with Crippen LogP contribution in [-0.2, 0) is 11.3 Å². The Balaban J connectivity index is 2.02. The first-order valence-corrected chi connectivity index (χ1v) is 8.11. The van der Waals surface area contributed by atoms with E-state index in [4.69, 9.17) is 5.11 Å². The van der Waals surface area contributed by atoms with Crippen molar-refractivity contribution in [3.8, 4) is 0 Å². The molecule has 1 amide bonds. The number of aromatic nitrogens is 1. The molecule has 0 spiro atoms. The van der Waals surface area contributed by atoms with E-state index in [0.29, 0.717) is 24.6 Å². The van der Waals surface area contributed by atoms with Gasteiger partial charge in [-0.3, -0.25) is 4.79 Å². The smallest absolute Gasteiger partial charge is 0.365 e. The number of likely N-dealkylation sites (tertiary alicyclic amines) is 1. The molecule has 1 saturated heterocycles. The monoisotopic (exact) mass is 310 g/mol. The molecule has 1 aliphatic rings. The molecule has 0 bridgehead atoms. The first-order valence-electron chi connectivity index (χ1n) is 7.23. The van der Waals surface area contributed by atoms with Crippen LogP contribution in [0.15, 0.2) is 5.38 Å². The minimum Gasteiger partial charge on any atom is -0.476 e. The molecule has 0 radical (unpaired) electrons. The predicted octanol–water partition coefficient (Wildman–Crippen LogP) is 3.02. The zero-order valence-electron chi connectivity index (χ0n) is 12.8. The molecule has 1 aromatic rings. The number of carbonyl (C=O) groups excluding carboxylic acids is 1. The van der Waals surface area contributed by atoms with Crippen molar-refractivity contribution in [3.05, 3.63) is 16.1 Å². The largest absolute Gasteiger partial charge is 0.476 e. The van der Waals surface area contributed by atoms with Gasteiger partial charge in [0.15, 0.2) is 0 Å². The van der Waals surface area contributed by atoms with Crippen LogP contribution in [0.4, 0.5) is 0 Å². The van der Waals surface area contributed by atoms with Gasteiger partial charge < -0.3 is 10.0 Å². The van der Waals surface area contributed by atoms with Crippen LogP contribution in [0.1, 0.15) is 55.5 Å². The summed E-state index contributed by atoms with van der Waals surface area (Å²) in [6.45, 7) is 7.80. The van der Waals surface area contributed by atoms with Crippen molar-refractivity contribution in [1.29, 1.82) is 0 Å². The van der Waals surface area contributed by atoms with E-state index in [-0.39, 0.29) is 16.3 Å². The van der Waals surface area contributed by atoms with Crippen LogP contribution in [0.2, 0.25) is 0 Å². The maximum absolute atomic E-state index is 12.2. The molecule has 0 aromatic carbocycles. The Hall–Kier alpha value is -1.43. The third kappa shape index (κ3) is 4.03. The lowest BCUT2D eigenvalue weighted by Gasteiger charge is -2.29. The second-order valence-electron chi connectivity index (χ2n) is 6.65. The molecule has 21 heavy (non-hydrogen) atoms. The van der Waals surface area contributed by atoms with Crippen LogP contribution in [0.25, 0.3) is 0 Å². The molecule has 1 unspecified atom stereocenters. The quantitative estimate of drug-likeness (QED) is 0.931. The van der Waals surface area contributed by atoms with Gasteiger partial charge in [-0.05, 0) is 24.2 Å². The zero-order chi connectivity index (χ0) is 15.6. The van der Waals surface area contributed by atoms with E-state index in [1.54, 1.807) is 5.38 Å². The Morgan fingerprint density at radius 3 is 2.76 bits per heavy atom. The highest BCUT2D eigenvalue weighted by atomic mass is 32.1. The molecule has 1 aliphatic heterocycles. The number of carbonyl (C=O) groups is 2. The van der Waals surface area contributed by atoms with Crippen molar-refractivity contribution in [3.63, 3.8) is 0 Å². The van der Waals surface area contributed by atoms with Gasteiger partial charge >= 0.3 is 5.97 Å². The number of thiazole rings is 1. The van der Waals surface area contributed by atoms with Gasteiger partial charge in [-0.2, -0.15) is 0 Å². The van der Waals surface area contributed by atoms with E-state index in [0.717, 1.165) is 30.7 Å². The number of carboxylic acids is 1. The summed E-state index contributed by atoms with van der Waals surface area (Å²) in [6, 6.07) is 0. The van der Waals surface area contributed by atoms with Crippen LogP contribution in [0, 0.1) is 11.3 Å². The summed E-state index contributed by atoms with van der Waals surface area (Å²) in [5, 5.41) is 10.7. The Bertz CT molecular complexity index is 533. The molecule has 1 aromatic heterocycles. The summed E-state index contributed by atoms with van der Waals surface area (Å²) >= 11 is 1.11. The third-order valence-electron chi connectivity index (χ3n) is 4.12. The van der Waals surface area contributed by atoms with Crippen molar-refractivity contribution in [2.45, 2.75) is 46.6 Å². The Morgan fingerprint density at radius 1 is 1.48 bits per heavy atom. The fourth-order valence-corrected chi connectivity index (χ4v) is 3.39. The number of carboxylic acid groups (broad SMARTS) is 1. The maximum Gasteiger partial charge on any atom is 0.365 e. The van der Waals surface area contributed by atoms with Gasteiger partial charge in [0.2, 0.25) is 10.9 Å². The molecule has 1 fully saturated rings. The van der Waals surface area contributed by atoms with Crippen molar-refractivity contribution in [2.75, 3.05) is 6.54 Å². The number of amides is 1. The molecule has 2 rings (SSSR count). The molecule has 5 nitrogen and oxygen atoms in total. The van der Waals surface area contributed by atoms with Crippen molar-refractivity contribution >= 4 is 23.2 Å². The minimum absolute atomic E-state index is 0.0832. The second-order valence-corrected chi connectivity index (χ2v) is 7.51. The summed E-state index contributed by atoms with van der Waals surface area (Å²) in [4.78, 5) is 28.9. The number of hydrogen-bond donors (Lipinski definition) is 1. The van der Waals surface area contributed by atoms with Gasteiger partial charge in [-0.15, -0.1) is 11.3 Å². The van der Waals surface area contributed by atoms with Crippen LogP contribution in [-0.4, -0.2) is 33.4 Å². The Kier molecular flexibility index (Phi) is 4.66. The average Bonchev–Trinajstić information content (AvgIpc) is 2.76. The van der Waals surface area contributed by atoms with Crippen LogP contribution in [0.5, 0.6) is 0 Å². The summed E-state index contributed by atoms with van der Waals surface area (Å²) in [6.07, 6.45) is 2.49. The maximum atomic E-state index is 12.2. The highest BCUT2D eigenvalue weighted by molar-refractivity contribution is 7.11. The average molecular weight is 310 g/mol. The lowest BCUT2D eigenvalue weighted by atomic mass is 9.77. The van der Waals surface area contributed by atoms with Gasteiger partial charge in [0.25, 0.3) is 0 Å². The highest BCUT2D eigenvalue weighted by Crippen LogP contribution is 2.34. The van der Waals surface area contributed by atoms with Gasteiger partial charge in [-0.25, -0.2) is 9.78 Å². The van der Waals surface area contributed by atoms with E-state index < -0.39 is 5.97 Å². The first-order chi connectivity index (χ1) is 9.77. The summed E-state index contributed by atoms with van der Waals surface area (Å²) in [5.41, 5.74) is 0.882. The van der Waals surface area contributed by atoms with Crippen LogP contribution < -0.4 is 0 Å². The number of hydrogen-bond acceptors (Lipinski definition) is 4. The molecule has 0 saturated carbocycles. The predicted molar refractivity (Wildman–Crippen MR) is 81.3 cm³/mol. The summed E-state index contributed by atoms with van der Waals surface area (Å²) < 4.78 is 0. The lowest BCUT2D eigenvalue weighted by Crippen LogP contribution is -2.30. The minimum atomic E-state index is -1.01. The Morgan fingerprint density at radius 2 is 2.19 bits per heavy atom. The normalized spacial score (nSPS) is 20.4. The van der Waals surface area contributed by atoms with Gasteiger partial charge in [-0.1, -0.05) is 20.8 Å². The SMILES string of the molecule is CC(C)(C)C1CCC(=O)N(Cc2csc(C(=O)O)n2)CC1. The van der Waals surface area contributed by atoms with Gasteiger partial charge in [0, 0.05) is 18.3 Å². The van der Waals surface area contributed by atoms with E-state index >= 15 is 0 Å². The number of aromatic carboxylic acids is 1. The van der Waals surface area contributed by atoms with E-state index in [2.05, 4.69) is 25.8 Å². The van der Waals surface area contributed by atoms with Gasteiger partial charge in [0.1, 0.15) is 0 Å². The van der Waals surface area contributed by atoms with Crippen LogP contribution in [0.3, 0.4) is 0 Å². The van der Waals surface area contributed by atoms with E-state index in [1.165, 1.54) is 0 Å². The van der Waals surface area contributed by atoms with Gasteiger partial charge in [0.05, 0.1) is 12.2 Å². The second kappa shape index (κ2) is 6.13. The molecular formula is C15H22N2O3S. The summed E-state index contributed by atoms with van der Waals surface area (Å²) in [7, 11) is 0. The molecular weight excluding hydrogens is 288 g/mol. The molecule has 116 valence electrons. The van der Waals surface area contributed by atoms with E-state index in [9.17, 15) is 9.59 Å². The van der Waals surface area contributed by atoms with Crippen molar-refractivity contribution in [2.24, 2.45) is 11.3 Å². The first kappa shape index (κ1) is 15.9. The number of nitrogens with zero attached hydrogens (tertiary/aromatic N) is 2. The molecule has 1 N–H and O–H groups in total. The van der Waals surface area contributed by atoms with E-state index in [1.807, 2.05) is 4.90 Å².